The molecule has 2 aromatic rings. The second-order valence-corrected chi connectivity index (χ2v) is 4.54. The van der Waals surface area contributed by atoms with Gasteiger partial charge >= 0.3 is 0 Å². The Labute approximate surface area is 125 Å². The number of phenols is 1. The molecule has 0 saturated carbocycles. The fourth-order valence-electron chi connectivity index (χ4n) is 1.70. The van der Waals surface area contributed by atoms with Crippen LogP contribution in [0.1, 0.15) is 18.1 Å². The van der Waals surface area contributed by atoms with Gasteiger partial charge < -0.3 is 9.94 Å². The van der Waals surface area contributed by atoms with Gasteiger partial charge in [-0.1, -0.05) is 5.16 Å². The predicted octanol–water partition coefficient (Wildman–Crippen LogP) is 3.38. The third-order valence-electron chi connectivity index (χ3n) is 2.95. The van der Waals surface area contributed by atoms with Gasteiger partial charge in [-0.05, 0) is 42.8 Å². The van der Waals surface area contributed by atoms with E-state index in [9.17, 15) is 14.5 Å². The van der Waals surface area contributed by atoms with Crippen LogP contribution in [0.25, 0.3) is 0 Å². The molecule has 0 heterocycles. The molecule has 0 amide bonds. The molecular weight excluding hydrogens is 291 g/mol. The van der Waals surface area contributed by atoms with Gasteiger partial charge in [-0.25, -0.2) is 4.39 Å². The van der Waals surface area contributed by atoms with E-state index in [-0.39, 0.29) is 12.3 Å². The van der Waals surface area contributed by atoms with Gasteiger partial charge in [-0.2, -0.15) is 0 Å². The average Bonchev–Trinajstić information content (AvgIpc) is 2.50. The average molecular weight is 304 g/mol. The Morgan fingerprint density at radius 2 is 2.00 bits per heavy atom. The summed E-state index contributed by atoms with van der Waals surface area (Å²) in [5.41, 5.74) is 1.65. The Hall–Kier alpha value is -2.96. The molecule has 0 aliphatic heterocycles. The number of aromatic hydroxyl groups is 1. The maximum atomic E-state index is 13.2. The molecule has 6 nitrogen and oxygen atoms in total. The summed E-state index contributed by atoms with van der Waals surface area (Å²) in [4.78, 5) is 15.2. The number of halogens is 1. The minimum absolute atomic E-state index is 0.00278. The van der Waals surface area contributed by atoms with Crippen LogP contribution in [-0.4, -0.2) is 15.7 Å². The van der Waals surface area contributed by atoms with Crippen molar-refractivity contribution < 1.29 is 19.3 Å². The third-order valence-corrected chi connectivity index (χ3v) is 2.95. The van der Waals surface area contributed by atoms with Gasteiger partial charge in [0.2, 0.25) is 0 Å². The van der Waals surface area contributed by atoms with Crippen molar-refractivity contribution >= 4 is 11.4 Å². The fourth-order valence-corrected chi connectivity index (χ4v) is 1.70. The Kier molecular flexibility index (Phi) is 4.67. The molecule has 7 heteroatoms. The fraction of sp³-hybridized carbons (Fsp3) is 0.133. The zero-order valence-electron chi connectivity index (χ0n) is 11.7. The van der Waals surface area contributed by atoms with Crippen molar-refractivity contribution in [2.75, 3.05) is 0 Å². The number of benzene rings is 2. The van der Waals surface area contributed by atoms with E-state index in [0.29, 0.717) is 11.3 Å². The smallest absolute Gasteiger partial charge is 0.269 e. The molecule has 0 atom stereocenters. The van der Waals surface area contributed by atoms with Gasteiger partial charge in [0.1, 0.15) is 6.61 Å². The number of nitrogens with zero attached hydrogens (tertiary/aromatic N) is 2. The summed E-state index contributed by atoms with van der Waals surface area (Å²) < 4.78 is 13.2. The summed E-state index contributed by atoms with van der Waals surface area (Å²) in [5.74, 6) is -1.16. The van der Waals surface area contributed by atoms with E-state index in [1.54, 1.807) is 19.1 Å². The summed E-state index contributed by atoms with van der Waals surface area (Å²) >= 11 is 0. The lowest BCUT2D eigenvalue weighted by molar-refractivity contribution is -0.384. The van der Waals surface area contributed by atoms with Crippen molar-refractivity contribution in [3.05, 3.63) is 69.5 Å². The highest BCUT2D eigenvalue weighted by Gasteiger charge is 2.06. The zero-order valence-corrected chi connectivity index (χ0v) is 11.7. The van der Waals surface area contributed by atoms with Crippen molar-refractivity contribution in [1.29, 1.82) is 0 Å². The number of non-ortho nitro benzene ring substituents is 1. The monoisotopic (exact) mass is 304 g/mol. The number of phenolic OH excluding ortho intramolecular Hbond substituents is 1. The van der Waals surface area contributed by atoms with Crippen LogP contribution in [0.4, 0.5) is 10.1 Å². The van der Waals surface area contributed by atoms with E-state index in [1.807, 2.05) is 0 Å². The number of hydrogen-bond acceptors (Lipinski definition) is 5. The van der Waals surface area contributed by atoms with Crippen molar-refractivity contribution in [2.45, 2.75) is 13.5 Å². The van der Waals surface area contributed by atoms with Crippen LogP contribution in [0.5, 0.6) is 5.75 Å². The summed E-state index contributed by atoms with van der Waals surface area (Å²) in [6.07, 6.45) is 0. The zero-order chi connectivity index (χ0) is 16.1. The van der Waals surface area contributed by atoms with Gasteiger partial charge in [-0.3, -0.25) is 10.1 Å². The van der Waals surface area contributed by atoms with Crippen LogP contribution in [0.15, 0.2) is 47.6 Å². The van der Waals surface area contributed by atoms with Crippen molar-refractivity contribution in [2.24, 2.45) is 5.16 Å². The molecule has 1 N–H and O–H groups in total. The molecule has 0 aromatic heterocycles. The number of oxime groups is 1. The van der Waals surface area contributed by atoms with E-state index in [4.69, 9.17) is 9.94 Å². The first-order valence-corrected chi connectivity index (χ1v) is 6.36. The molecule has 2 aromatic carbocycles. The van der Waals surface area contributed by atoms with Gasteiger partial charge in [0.25, 0.3) is 5.69 Å². The normalized spacial score (nSPS) is 11.3. The van der Waals surface area contributed by atoms with Crippen LogP contribution < -0.4 is 0 Å². The van der Waals surface area contributed by atoms with Crippen LogP contribution in [-0.2, 0) is 11.4 Å². The summed E-state index contributed by atoms with van der Waals surface area (Å²) in [6, 6.07) is 9.82. The second kappa shape index (κ2) is 6.66. The number of nitro benzene ring substituents is 1. The lowest BCUT2D eigenvalue weighted by Gasteiger charge is -2.04. The van der Waals surface area contributed by atoms with Crippen LogP contribution >= 0.6 is 0 Å². The summed E-state index contributed by atoms with van der Waals surface area (Å²) in [6.45, 7) is 1.78. The van der Waals surface area contributed by atoms with Crippen molar-refractivity contribution in [3.63, 3.8) is 0 Å². The van der Waals surface area contributed by atoms with Crippen molar-refractivity contribution in [1.82, 2.24) is 0 Å². The Bertz CT molecular complexity index is 714. The van der Waals surface area contributed by atoms with E-state index in [2.05, 4.69) is 5.16 Å². The predicted molar refractivity (Wildman–Crippen MR) is 78.2 cm³/mol. The van der Waals surface area contributed by atoms with Crippen LogP contribution in [0.3, 0.4) is 0 Å². The van der Waals surface area contributed by atoms with E-state index in [0.717, 1.165) is 11.6 Å². The second-order valence-electron chi connectivity index (χ2n) is 4.54. The molecule has 0 aliphatic carbocycles. The van der Waals surface area contributed by atoms with Crippen molar-refractivity contribution in [3.8, 4) is 5.75 Å². The van der Waals surface area contributed by atoms with Gasteiger partial charge in [0, 0.05) is 17.7 Å². The van der Waals surface area contributed by atoms with Gasteiger partial charge in [0.05, 0.1) is 10.6 Å². The van der Waals surface area contributed by atoms with Gasteiger partial charge in [0.15, 0.2) is 11.6 Å². The molecule has 0 saturated heterocycles. The quantitative estimate of drug-likeness (QED) is 0.521. The molecule has 114 valence electrons. The minimum Gasteiger partial charge on any atom is -0.505 e. The molecule has 0 aliphatic rings. The highest BCUT2D eigenvalue weighted by Crippen LogP contribution is 2.17. The molecule has 0 unspecified atom stereocenters. The van der Waals surface area contributed by atoms with Gasteiger partial charge in [-0.15, -0.1) is 0 Å². The first kappa shape index (κ1) is 15.4. The highest BCUT2D eigenvalue weighted by molar-refractivity contribution is 5.98. The van der Waals surface area contributed by atoms with E-state index < -0.39 is 16.5 Å². The third kappa shape index (κ3) is 3.78. The Balaban J connectivity index is 1.99. The molecule has 0 spiro atoms. The molecular formula is C15H13FN2O4. The molecule has 0 radical (unpaired) electrons. The van der Waals surface area contributed by atoms with Crippen LogP contribution in [0.2, 0.25) is 0 Å². The lowest BCUT2D eigenvalue weighted by atomic mass is 10.1. The summed E-state index contributed by atoms with van der Waals surface area (Å²) in [5, 5.41) is 23.5. The van der Waals surface area contributed by atoms with E-state index >= 15 is 0 Å². The first-order valence-electron chi connectivity index (χ1n) is 6.36. The topological polar surface area (TPSA) is 85.0 Å². The maximum absolute atomic E-state index is 13.2. The lowest BCUT2D eigenvalue weighted by Crippen LogP contribution is -1.98. The highest BCUT2D eigenvalue weighted by atomic mass is 19.1. The maximum Gasteiger partial charge on any atom is 0.269 e. The number of hydrogen-bond donors (Lipinski definition) is 1. The molecule has 0 fully saturated rings. The number of rotatable bonds is 5. The Morgan fingerprint density at radius 1 is 1.32 bits per heavy atom. The summed E-state index contributed by atoms with van der Waals surface area (Å²) in [7, 11) is 0. The van der Waals surface area contributed by atoms with Crippen LogP contribution in [0, 0.1) is 15.9 Å². The molecule has 22 heavy (non-hydrogen) atoms. The standard InChI is InChI=1S/C15H13FN2O4/c1-10(12-4-7-15(19)14(16)8-12)17-22-9-11-2-5-13(6-3-11)18(20)21/h2-8,19H,9H2,1H3/b17-10+. The SMILES string of the molecule is C/C(=N\OCc1ccc([N+](=O)[O-])cc1)c1ccc(O)c(F)c1. The molecule has 2 rings (SSSR count). The first-order chi connectivity index (χ1) is 10.5. The largest absolute Gasteiger partial charge is 0.505 e. The Morgan fingerprint density at radius 3 is 2.59 bits per heavy atom. The number of nitro groups is 1. The molecule has 0 bridgehead atoms. The van der Waals surface area contributed by atoms with E-state index in [1.165, 1.54) is 24.3 Å². The minimum atomic E-state index is -0.734.